The van der Waals surface area contributed by atoms with E-state index >= 15 is 0 Å². The van der Waals surface area contributed by atoms with Crippen LogP contribution in [0.5, 0.6) is 0 Å². The molecule has 0 amide bonds. The van der Waals surface area contributed by atoms with Crippen LogP contribution in [0.1, 0.15) is 13.8 Å². The molecule has 0 atom stereocenters. The van der Waals surface area contributed by atoms with Gasteiger partial charge in [-0.2, -0.15) is 5.10 Å². The molecule has 3 aromatic rings. The molecule has 0 aliphatic heterocycles. The summed E-state index contributed by atoms with van der Waals surface area (Å²) in [5.41, 5.74) is 1.64. The van der Waals surface area contributed by atoms with Gasteiger partial charge in [0.05, 0.1) is 17.3 Å². The third kappa shape index (κ3) is 2.83. The third-order valence-corrected chi connectivity index (χ3v) is 3.33. The number of nitrogens with zero attached hydrogens (tertiary/aromatic N) is 4. The minimum absolute atomic E-state index is 0.540. The van der Waals surface area contributed by atoms with E-state index in [1.807, 2.05) is 24.3 Å². The van der Waals surface area contributed by atoms with Crippen LogP contribution in [-0.4, -0.2) is 26.3 Å². The predicted octanol–water partition coefficient (Wildman–Crippen LogP) is 3.54. The van der Waals surface area contributed by atoms with Gasteiger partial charge in [-0.3, -0.25) is 0 Å². The van der Waals surface area contributed by atoms with Gasteiger partial charge in [0.2, 0.25) is 0 Å². The van der Waals surface area contributed by atoms with Gasteiger partial charge in [0.15, 0.2) is 5.65 Å². The van der Waals surface area contributed by atoms with Gasteiger partial charge >= 0.3 is 0 Å². The molecule has 0 fully saturated rings. The smallest absolute Gasteiger partial charge is 0.168 e. The summed E-state index contributed by atoms with van der Waals surface area (Å²) in [5, 5.41) is 9.31. The Labute approximate surface area is 128 Å². The first-order valence-corrected chi connectivity index (χ1v) is 7.21. The van der Waals surface area contributed by atoms with E-state index < -0.39 is 0 Å². The van der Waals surface area contributed by atoms with Gasteiger partial charge in [-0.15, -0.1) is 0 Å². The minimum Gasteiger partial charge on any atom is -0.369 e. The number of aromatic nitrogens is 4. The average Bonchev–Trinajstić information content (AvgIpc) is 2.89. The van der Waals surface area contributed by atoms with E-state index in [0.717, 1.165) is 29.1 Å². The van der Waals surface area contributed by atoms with Gasteiger partial charge in [-0.05, 0) is 24.1 Å². The molecule has 6 heteroatoms. The number of anilines is 1. The molecular formula is C15H16ClN5. The van der Waals surface area contributed by atoms with Crippen LogP contribution in [0.4, 0.5) is 5.82 Å². The highest BCUT2D eigenvalue weighted by Gasteiger charge is 2.11. The second-order valence-electron chi connectivity index (χ2n) is 5.27. The van der Waals surface area contributed by atoms with E-state index in [-0.39, 0.29) is 0 Å². The van der Waals surface area contributed by atoms with E-state index in [0.29, 0.717) is 10.9 Å². The summed E-state index contributed by atoms with van der Waals surface area (Å²) in [6.45, 7) is 5.16. The molecule has 2 aromatic heterocycles. The predicted molar refractivity (Wildman–Crippen MR) is 85.0 cm³/mol. The van der Waals surface area contributed by atoms with Crippen LogP contribution in [0.25, 0.3) is 16.7 Å². The first-order chi connectivity index (χ1) is 10.1. The zero-order valence-electron chi connectivity index (χ0n) is 11.9. The van der Waals surface area contributed by atoms with E-state index in [4.69, 9.17) is 11.6 Å². The standard InChI is InChI=1S/C15H16ClN5/c1-10(2)7-17-14-13-8-20-21(15(13)19-9-18-14)12-5-3-4-11(16)6-12/h3-6,8-10H,7H2,1-2H3,(H,17,18,19). The van der Waals surface area contributed by atoms with Gasteiger partial charge in [0.1, 0.15) is 12.1 Å². The summed E-state index contributed by atoms with van der Waals surface area (Å²) in [4.78, 5) is 8.64. The van der Waals surface area contributed by atoms with Crippen LogP contribution in [0.3, 0.4) is 0 Å². The zero-order valence-corrected chi connectivity index (χ0v) is 12.7. The topological polar surface area (TPSA) is 55.6 Å². The molecule has 1 aromatic carbocycles. The summed E-state index contributed by atoms with van der Waals surface area (Å²) in [5.74, 6) is 1.35. The molecule has 0 spiro atoms. The van der Waals surface area contributed by atoms with E-state index in [1.165, 1.54) is 0 Å². The fraction of sp³-hybridized carbons (Fsp3) is 0.267. The molecule has 0 saturated heterocycles. The monoisotopic (exact) mass is 301 g/mol. The molecule has 21 heavy (non-hydrogen) atoms. The molecule has 3 rings (SSSR count). The van der Waals surface area contributed by atoms with E-state index in [1.54, 1.807) is 17.2 Å². The van der Waals surface area contributed by atoms with Crippen LogP contribution in [0.2, 0.25) is 5.02 Å². The van der Waals surface area contributed by atoms with Crippen LogP contribution in [0, 0.1) is 5.92 Å². The Morgan fingerprint density at radius 2 is 2.14 bits per heavy atom. The Kier molecular flexibility index (Phi) is 3.75. The maximum absolute atomic E-state index is 6.04. The Hall–Kier alpha value is -2.14. The number of hydrogen-bond acceptors (Lipinski definition) is 4. The number of halogens is 1. The van der Waals surface area contributed by atoms with Crippen LogP contribution in [-0.2, 0) is 0 Å². The van der Waals surface area contributed by atoms with Crippen molar-refractivity contribution < 1.29 is 0 Å². The zero-order chi connectivity index (χ0) is 14.8. The molecule has 2 heterocycles. The van der Waals surface area contributed by atoms with Crippen molar-refractivity contribution in [3.05, 3.63) is 41.8 Å². The van der Waals surface area contributed by atoms with Crippen LogP contribution in [0.15, 0.2) is 36.8 Å². The molecule has 0 saturated carbocycles. The molecule has 5 nitrogen and oxygen atoms in total. The van der Waals surface area contributed by atoms with Crippen molar-refractivity contribution in [2.75, 3.05) is 11.9 Å². The molecular weight excluding hydrogens is 286 g/mol. The minimum atomic E-state index is 0.540. The van der Waals surface area contributed by atoms with Gasteiger partial charge < -0.3 is 5.32 Å². The van der Waals surface area contributed by atoms with E-state index in [9.17, 15) is 0 Å². The Morgan fingerprint density at radius 1 is 1.29 bits per heavy atom. The Balaban J connectivity index is 2.05. The summed E-state index contributed by atoms with van der Waals surface area (Å²) in [7, 11) is 0. The van der Waals surface area contributed by atoms with Gasteiger partial charge in [0, 0.05) is 11.6 Å². The number of rotatable bonds is 4. The number of fused-ring (bicyclic) bond motifs is 1. The third-order valence-electron chi connectivity index (χ3n) is 3.10. The molecule has 0 aliphatic rings. The second kappa shape index (κ2) is 5.69. The average molecular weight is 302 g/mol. The lowest BCUT2D eigenvalue weighted by atomic mass is 10.2. The van der Waals surface area contributed by atoms with Crippen molar-refractivity contribution in [3.8, 4) is 5.69 Å². The molecule has 1 N–H and O–H groups in total. The van der Waals surface area contributed by atoms with Crippen molar-refractivity contribution in [1.29, 1.82) is 0 Å². The first-order valence-electron chi connectivity index (χ1n) is 6.83. The van der Waals surface area contributed by atoms with Crippen molar-refractivity contribution in [2.45, 2.75) is 13.8 Å². The first kappa shape index (κ1) is 13.8. The van der Waals surface area contributed by atoms with Gasteiger partial charge in [-0.25, -0.2) is 14.6 Å². The quantitative estimate of drug-likeness (QED) is 0.801. The van der Waals surface area contributed by atoms with Gasteiger partial charge in [-0.1, -0.05) is 31.5 Å². The molecule has 108 valence electrons. The van der Waals surface area contributed by atoms with Crippen molar-refractivity contribution in [2.24, 2.45) is 5.92 Å². The molecule has 0 radical (unpaired) electrons. The van der Waals surface area contributed by atoms with Crippen molar-refractivity contribution in [1.82, 2.24) is 19.7 Å². The molecule has 0 unspecified atom stereocenters. The number of nitrogens with one attached hydrogen (secondary N) is 1. The van der Waals surface area contributed by atoms with Gasteiger partial charge in [0.25, 0.3) is 0 Å². The maximum atomic E-state index is 6.04. The lowest BCUT2D eigenvalue weighted by molar-refractivity contribution is 0.687. The summed E-state index contributed by atoms with van der Waals surface area (Å²) < 4.78 is 1.77. The van der Waals surface area contributed by atoms with Crippen LogP contribution >= 0.6 is 11.6 Å². The normalized spacial score (nSPS) is 11.2. The highest BCUT2D eigenvalue weighted by Crippen LogP contribution is 2.23. The lowest BCUT2D eigenvalue weighted by Gasteiger charge is -2.08. The highest BCUT2D eigenvalue weighted by atomic mass is 35.5. The largest absolute Gasteiger partial charge is 0.369 e. The summed E-state index contributed by atoms with van der Waals surface area (Å²) in [6.07, 6.45) is 3.33. The maximum Gasteiger partial charge on any atom is 0.168 e. The van der Waals surface area contributed by atoms with Crippen molar-refractivity contribution in [3.63, 3.8) is 0 Å². The molecule has 0 aliphatic carbocycles. The lowest BCUT2D eigenvalue weighted by Crippen LogP contribution is -2.09. The Bertz CT molecular complexity index is 766. The SMILES string of the molecule is CC(C)CNc1ncnc2c1cnn2-c1cccc(Cl)c1. The highest BCUT2D eigenvalue weighted by molar-refractivity contribution is 6.30. The van der Waals surface area contributed by atoms with E-state index in [2.05, 4.69) is 34.2 Å². The summed E-state index contributed by atoms with van der Waals surface area (Å²) in [6, 6.07) is 7.53. The summed E-state index contributed by atoms with van der Waals surface area (Å²) >= 11 is 6.04. The number of benzene rings is 1. The van der Waals surface area contributed by atoms with Crippen LogP contribution < -0.4 is 5.32 Å². The second-order valence-corrected chi connectivity index (χ2v) is 5.71. The fourth-order valence-electron chi connectivity index (χ4n) is 2.08. The fourth-order valence-corrected chi connectivity index (χ4v) is 2.27. The number of hydrogen-bond donors (Lipinski definition) is 1. The molecule has 0 bridgehead atoms. The Morgan fingerprint density at radius 3 is 2.90 bits per heavy atom. The van der Waals surface area contributed by atoms with Crippen molar-refractivity contribution >= 4 is 28.5 Å².